The van der Waals surface area contributed by atoms with Gasteiger partial charge in [-0.1, -0.05) is 13.8 Å². The molecule has 3 nitrogen and oxygen atoms in total. The van der Waals surface area contributed by atoms with Gasteiger partial charge in [-0.2, -0.15) is 0 Å². The van der Waals surface area contributed by atoms with Crippen LogP contribution in [0.3, 0.4) is 0 Å². The Morgan fingerprint density at radius 2 is 1.67 bits per heavy atom. The molecule has 1 aliphatic rings. The summed E-state index contributed by atoms with van der Waals surface area (Å²) in [6.45, 7) is 4.61. The van der Waals surface area contributed by atoms with Crippen LogP contribution in [0.5, 0.6) is 0 Å². The fourth-order valence-corrected chi connectivity index (χ4v) is 3.01. The maximum Gasteiger partial charge on any atom is 0.335 e. The second kappa shape index (κ2) is 5.42. The van der Waals surface area contributed by atoms with Crippen LogP contribution >= 0.6 is 0 Å². The fourth-order valence-electron chi connectivity index (χ4n) is 3.01. The molecule has 2 N–H and O–H groups in total. The SMILES string of the molecule is CC1CC(C)CC(Nc2ccc(C(=O)O)cc2)C1. The Hall–Kier alpha value is -1.51. The summed E-state index contributed by atoms with van der Waals surface area (Å²) in [5.74, 6) is 0.663. The minimum Gasteiger partial charge on any atom is -0.478 e. The van der Waals surface area contributed by atoms with Gasteiger partial charge in [0.05, 0.1) is 5.56 Å². The van der Waals surface area contributed by atoms with Gasteiger partial charge < -0.3 is 10.4 Å². The summed E-state index contributed by atoms with van der Waals surface area (Å²) in [7, 11) is 0. The van der Waals surface area contributed by atoms with Crippen molar-refractivity contribution in [3.63, 3.8) is 0 Å². The highest BCUT2D eigenvalue weighted by Gasteiger charge is 2.23. The van der Waals surface area contributed by atoms with Gasteiger partial charge in [-0.3, -0.25) is 0 Å². The molecule has 1 aromatic rings. The van der Waals surface area contributed by atoms with Crippen molar-refractivity contribution in [1.82, 2.24) is 0 Å². The molecule has 98 valence electrons. The van der Waals surface area contributed by atoms with E-state index in [9.17, 15) is 4.79 Å². The first-order valence-electron chi connectivity index (χ1n) is 6.64. The van der Waals surface area contributed by atoms with E-state index in [1.807, 2.05) is 12.1 Å². The third-order valence-corrected chi connectivity index (χ3v) is 3.68. The van der Waals surface area contributed by atoms with E-state index in [1.165, 1.54) is 19.3 Å². The van der Waals surface area contributed by atoms with Crippen LogP contribution in [0.2, 0.25) is 0 Å². The molecule has 0 saturated heterocycles. The number of rotatable bonds is 3. The highest BCUT2D eigenvalue weighted by Crippen LogP contribution is 2.30. The number of carboxylic acid groups (broad SMARTS) is 1. The zero-order valence-corrected chi connectivity index (χ0v) is 11.0. The molecule has 0 aliphatic heterocycles. The quantitative estimate of drug-likeness (QED) is 0.857. The highest BCUT2D eigenvalue weighted by molar-refractivity contribution is 5.87. The maximum atomic E-state index is 10.8. The molecule has 1 fully saturated rings. The smallest absolute Gasteiger partial charge is 0.335 e. The fraction of sp³-hybridized carbons (Fsp3) is 0.533. The topological polar surface area (TPSA) is 49.3 Å². The minimum absolute atomic E-state index is 0.339. The van der Waals surface area contributed by atoms with Crippen molar-refractivity contribution in [2.75, 3.05) is 5.32 Å². The molecule has 18 heavy (non-hydrogen) atoms. The molecule has 2 unspecified atom stereocenters. The van der Waals surface area contributed by atoms with E-state index in [4.69, 9.17) is 5.11 Å². The van der Waals surface area contributed by atoms with Crippen molar-refractivity contribution in [3.05, 3.63) is 29.8 Å². The summed E-state index contributed by atoms with van der Waals surface area (Å²) in [5.41, 5.74) is 1.36. The van der Waals surface area contributed by atoms with Gasteiger partial charge in [0.25, 0.3) is 0 Å². The number of nitrogens with one attached hydrogen (secondary N) is 1. The molecule has 3 heteroatoms. The Labute approximate surface area is 108 Å². The van der Waals surface area contributed by atoms with Crippen LogP contribution in [0.1, 0.15) is 43.5 Å². The minimum atomic E-state index is -0.874. The number of carbonyl (C=O) groups is 1. The van der Waals surface area contributed by atoms with Crippen molar-refractivity contribution in [2.45, 2.75) is 39.2 Å². The third-order valence-electron chi connectivity index (χ3n) is 3.68. The van der Waals surface area contributed by atoms with Crippen molar-refractivity contribution in [3.8, 4) is 0 Å². The number of anilines is 1. The summed E-state index contributed by atoms with van der Waals surface area (Å²) in [6, 6.07) is 7.53. The van der Waals surface area contributed by atoms with Crippen LogP contribution in [-0.4, -0.2) is 17.1 Å². The van der Waals surface area contributed by atoms with Crippen LogP contribution in [0.25, 0.3) is 0 Å². The van der Waals surface area contributed by atoms with Gasteiger partial charge in [-0.25, -0.2) is 4.79 Å². The Balaban J connectivity index is 1.98. The van der Waals surface area contributed by atoms with Crippen LogP contribution in [-0.2, 0) is 0 Å². The molecule has 0 aromatic heterocycles. The largest absolute Gasteiger partial charge is 0.478 e. The molecule has 2 rings (SSSR count). The second-order valence-electron chi connectivity index (χ2n) is 5.64. The zero-order valence-electron chi connectivity index (χ0n) is 11.0. The highest BCUT2D eigenvalue weighted by atomic mass is 16.4. The van der Waals surface area contributed by atoms with Crippen LogP contribution < -0.4 is 5.32 Å². The first-order valence-corrected chi connectivity index (χ1v) is 6.64. The molecule has 1 aliphatic carbocycles. The van der Waals surface area contributed by atoms with Gasteiger partial charge in [-0.15, -0.1) is 0 Å². The molecule has 2 atom stereocenters. The van der Waals surface area contributed by atoms with Crippen LogP contribution in [0.15, 0.2) is 24.3 Å². The number of carboxylic acids is 1. The normalized spacial score (nSPS) is 27.8. The first kappa shape index (κ1) is 12.9. The molecule has 1 aromatic carbocycles. The van der Waals surface area contributed by atoms with Gasteiger partial charge in [0.1, 0.15) is 0 Å². The molecular formula is C15H21NO2. The van der Waals surface area contributed by atoms with Crippen molar-refractivity contribution in [1.29, 1.82) is 0 Å². The molecule has 0 bridgehead atoms. The Bertz CT molecular complexity index is 403. The Morgan fingerprint density at radius 1 is 1.11 bits per heavy atom. The van der Waals surface area contributed by atoms with Gasteiger partial charge in [-0.05, 0) is 55.4 Å². The lowest BCUT2D eigenvalue weighted by Gasteiger charge is -2.32. The number of hydrogen-bond donors (Lipinski definition) is 2. The average Bonchev–Trinajstić information content (AvgIpc) is 2.28. The van der Waals surface area contributed by atoms with E-state index in [2.05, 4.69) is 19.2 Å². The van der Waals surface area contributed by atoms with Gasteiger partial charge in [0.2, 0.25) is 0 Å². The van der Waals surface area contributed by atoms with Crippen LogP contribution in [0.4, 0.5) is 5.69 Å². The van der Waals surface area contributed by atoms with E-state index in [0.717, 1.165) is 17.5 Å². The summed E-state index contributed by atoms with van der Waals surface area (Å²) < 4.78 is 0. The molecule has 0 amide bonds. The van der Waals surface area contributed by atoms with Gasteiger partial charge >= 0.3 is 5.97 Å². The predicted molar refractivity (Wildman–Crippen MR) is 73.0 cm³/mol. The summed E-state index contributed by atoms with van der Waals surface area (Å²) >= 11 is 0. The molecule has 0 heterocycles. The molecule has 0 spiro atoms. The van der Waals surface area contributed by atoms with Crippen molar-refractivity contribution in [2.24, 2.45) is 11.8 Å². The van der Waals surface area contributed by atoms with E-state index in [0.29, 0.717) is 11.6 Å². The lowest BCUT2D eigenvalue weighted by Crippen LogP contribution is -2.30. The number of benzene rings is 1. The number of aromatic carboxylic acids is 1. The number of hydrogen-bond acceptors (Lipinski definition) is 2. The lowest BCUT2D eigenvalue weighted by molar-refractivity contribution is 0.0697. The first-order chi connectivity index (χ1) is 8.54. The Kier molecular flexibility index (Phi) is 3.90. The standard InChI is InChI=1S/C15H21NO2/c1-10-7-11(2)9-14(8-10)16-13-5-3-12(4-6-13)15(17)18/h3-6,10-11,14,16H,7-9H2,1-2H3,(H,17,18). The Morgan fingerprint density at radius 3 is 2.17 bits per heavy atom. The average molecular weight is 247 g/mol. The summed E-state index contributed by atoms with van der Waals surface area (Å²) in [5, 5.41) is 12.4. The van der Waals surface area contributed by atoms with E-state index >= 15 is 0 Å². The molecule has 0 radical (unpaired) electrons. The van der Waals surface area contributed by atoms with Crippen molar-refractivity contribution >= 4 is 11.7 Å². The molecular weight excluding hydrogens is 226 g/mol. The maximum absolute atomic E-state index is 10.8. The van der Waals surface area contributed by atoms with E-state index in [1.54, 1.807) is 12.1 Å². The van der Waals surface area contributed by atoms with Gasteiger partial charge in [0, 0.05) is 11.7 Å². The summed E-state index contributed by atoms with van der Waals surface area (Å²) in [6.07, 6.45) is 3.71. The van der Waals surface area contributed by atoms with Crippen molar-refractivity contribution < 1.29 is 9.90 Å². The summed E-state index contributed by atoms with van der Waals surface area (Å²) in [4.78, 5) is 10.8. The van der Waals surface area contributed by atoms with E-state index in [-0.39, 0.29) is 0 Å². The second-order valence-corrected chi connectivity index (χ2v) is 5.64. The van der Waals surface area contributed by atoms with Crippen LogP contribution in [0, 0.1) is 11.8 Å². The zero-order chi connectivity index (χ0) is 13.1. The monoisotopic (exact) mass is 247 g/mol. The third kappa shape index (κ3) is 3.25. The molecule has 1 saturated carbocycles. The predicted octanol–water partition coefficient (Wildman–Crippen LogP) is 3.62. The lowest BCUT2D eigenvalue weighted by atomic mass is 9.80. The van der Waals surface area contributed by atoms with E-state index < -0.39 is 5.97 Å². The van der Waals surface area contributed by atoms with Gasteiger partial charge in [0.15, 0.2) is 0 Å².